The molecule has 0 spiro atoms. The van der Waals surface area contributed by atoms with Crippen molar-refractivity contribution in [1.82, 2.24) is 9.78 Å². The van der Waals surface area contributed by atoms with Crippen LogP contribution in [0.4, 0.5) is 5.69 Å². The summed E-state index contributed by atoms with van der Waals surface area (Å²) in [4.78, 5) is 22.7. The summed E-state index contributed by atoms with van der Waals surface area (Å²) in [5, 5.41) is 15.4. The second kappa shape index (κ2) is 6.19. The highest BCUT2D eigenvalue weighted by atomic mass is 16.4. The molecule has 0 saturated heterocycles. The average Bonchev–Trinajstić information content (AvgIpc) is 2.84. The molecule has 0 bridgehead atoms. The van der Waals surface area contributed by atoms with Crippen LogP contribution >= 0.6 is 0 Å². The molecule has 1 atom stereocenters. The van der Waals surface area contributed by atoms with Crippen LogP contribution in [0.5, 0.6) is 0 Å². The van der Waals surface area contributed by atoms with Crippen LogP contribution in [-0.2, 0) is 23.1 Å². The molecule has 21 heavy (non-hydrogen) atoms. The smallest absolute Gasteiger partial charge is 0.307 e. The van der Waals surface area contributed by atoms with Gasteiger partial charge in [-0.2, -0.15) is 5.10 Å². The molecule has 7 nitrogen and oxygen atoms in total. The van der Waals surface area contributed by atoms with Gasteiger partial charge in [0.25, 0.3) is 0 Å². The summed E-state index contributed by atoms with van der Waals surface area (Å²) in [5.74, 6) is -1.30. The maximum atomic E-state index is 12.1. The van der Waals surface area contributed by atoms with E-state index >= 15 is 0 Å². The maximum Gasteiger partial charge on any atom is 0.307 e. The Labute approximate surface area is 121 Å². The number of amides is 1. The number of nitrogens with zero attached hydrogens (tertiary/aromatic N) is 2. The van der Waals surface area contributed by atoms with Gasteiger partial charge in [0, 0.05) is 24.5 Å². The lowest BCUT2D eigenvalue weighted by atomic mass is 10.1. The maximum absolute atomic E-state index is 12.1. The first-order valence-electron chi connectivity index (χ1n) is 6.31. The molecule has 0 fully saturated rings. The number of anilines is 1. The van der Waals surface area contributed by atoms with E-state index in [1.165, 1.54) is 6.20 Å². The third-order valence-corrected chi connectivity index (χ3v) is 2.92. The molecular weight excluding hydrogens is 272 g/mol. The summed E-state index contributed by atoms with van der Waals surface area (Å²) in [7, 11) is 1.74. The third-order valence-electron chi connectivity index (χ3n) is 2.92. The van der Waals surface area contributed by atoms with Crippen molar-refractivity contribution in [3.05, 3.63) is 47.8 Å². The number of rotatable bonds is 5. The number of hydrogen-bond donors (Lipinski definition) is 3. The van der Waals surface area contributed by atoms with Gasteiger partial charge in [0.05, 0.1) is 12.6 Å². The minimum Gasteiger partial charge on any atom is -0.481 e. The van der Waals surface area contributed by atoms with Gasteiger partial charge in [0.1, 0.15) is 6.04 Å². The molecule has 1 heterocycles. The molecule has 1 amide bonds. The molecule has 110 valence electrons. The van der Waals surface area contributed by atoms with Crippen molar-refractivity contribution in [2.75, 3.05) is 5.32 Å². The summed E-state index contributed by atoms with van der Waals surface area (Å²) >= 11 is 0. The van der Waals surface area contributed by atoms with Crippen LogP contribution in [0.2, 0.25) is 0 Å². The Morgan fingerprint density at radius 2 is 2.24 bits per heavy atom. The first-order chi connectivity index (χ1) is 9.95. The second-order valence-corrected chi connectivity index (χ2v) is 4.69. The summed E-state index contributed by atoms with van der Waals surface area (Å²) in [5.41, 5.74) is 7.59. The zero-order valence-electron chi connectivity index (χ0n) is 11.5. The van der Waals surface area contributed by atoms with E-state index in [0.717, 1.165) is 0 Å². The van der Waals surface area contributed by atoms with Crippen molar-refractivity contribution in [2.24, 2.45) is 12.8 Å². The van der Waals surface area contributed by atoms with E-state index in [0.29, 0.717) is 16.8 Å². The highest BCUT2D eigenvalue weighted by molar-refractivity contribution is 5.95. The zero-order chi connectivity index (χ0) is 15.4. The number of carbonyl (C=O) groups is 2. The normalized spacial score (nSPS) is 11.9. The molecule has 1 aromatic carbocycles. The number of aromatic nitrogens is 2. The standard InChI is InChI=1S/C14H16N4O3/c1-18-8-10(7-16-18)13(15)14(21)17-11-4-2-3-9(5-11)6-12(19)20/h2-5,7-8,13H,6,15H2,1H3,(H,17,21)(H,19,20). The summed E-state index contributed by atoms with van der Waals surface area (Å²) in [6.07, 6.45) is 3.11. The molecule has 0 aliphatic heterocycles. The fraction of sp³-hybridized carbons (Fsp3) is 0.214. The third kappa shape index (κ3) is 3.90. The summed E-state index contributed by atoms with van der Waals surface area (Å²) in [6.45, 7) is 0. The van der Waals surface area contributed by atoms with Gasteiger partial charge in [0.2, 0.25) is 5.91 Å². The van der Waals surface area contributed by atoms with Crippen LogP contribution in [-0.4, -0.2) is 26.8 Å². The van der Waals surface area contributed by atoms with Crippen LogP contribution in [0, 0.1) is 0 Å². The SMILES string of the molecule is Cn1cc(C(N)C(=O)Nc2cccc(CC(=O)O)c2)cn1. The summed E-state index contributed by atoms with van der Waals surface area (Å²) < 4.78 is 1.57. The van der Waals surface area contributed by atoms with Gasteiger partial charge >= 0.3 is 5.97 Å². The Balaban J connectivity index is 2.07. The molecule has 0 aliphatic carbocycles. The van der Waals surface area contributed by atoms with Gasteiger partial charge < -0.3 is 16.2 Å². The van der Waals surface area contributed by atoms with E-state index in [1.807, 2.05) is 0 Å². The van der Waals surface area contributed by atoms with Crippen LogP contribution in [0.15, 0.2) is 36.7 Å². The first kappa shape index (κ1) is 14.7. The van der Waals surface area contributed by atoms with Gasteiger partial charge in [-0.05, 0) is 17.7 Å². The molecule has 1 unspecified atom stereocenters. The van der Waals surface area contributed by atoms with Crippen molar-refractivity contribution in [2.45, 2.75) is 12.5 Å². The lowest BCUT2D eigenvalue weighted by Crippen LogP contribution is -2.27. The molecule has 0 saturated carbocycles. The van der Waals surface area contributed by atoms with Crippen molar-refractivity contribution in [3.8, 4) is 0 Å². The highest BCUT2D eigenvalue weighted by Gasteiger charge is 2.17. The Kier molecular flexibility index (Phi) is 4.34. The fourth-order valence-corrected chi connectivity index (χ4v) is 1.91. The lowest BCUT2D eigenvalue weighted by Gasteiger charge is -2.11. The lowest BCUT2D eigenvalue weighted by molar-refractivity contribution is -0.136. The number of carboxylic acids is 1. The van der Waals surface area contributed by atoms with Gasteiger partial charge in [0.15, 0.2) is 0 Å². The van der Waals surface area contributed by atoms with Gasteiger partial charge in [-0.1, -0.05) is 12.1 Å². The fourth-order valence-electron chi connectivity index (χ4n) is 1.91. The van der Waals surface area contributed by atoms with E-state index in [4.69, 9.17) is 10.8 Å². The summed E-state index contributed by atoms with van der Waals surface area (Å²) in [6, 6.07) is 5.83. The Bertz CT molecular complexity index is 666. The van der Waals surface area contributed by atoms with E-state index in [9.17, 15) is 9.59 Å². The predicted octanol–water partition coefficient (Wildman–Crippen LogP) is 0.686. The van der Waals surface area contributed by atoms with Gasteiger partial charge in [-0.15, -0.1) is 0 Å². The quantitative estimate of drug-likeness (QED) is 0.749. The van der Waals surface area contributed by atoms with Gasteiger partial charge in [-0.25, -0.2) is 0 Å². The van der Waals surface area contributed by atoms with Crippen molar-refractivity contribution in [3.63, 3.8) is 0 Å². The van der Waals surface area contributed by atoms with Gasteiger partial charge in [-0.3, -0.25) is 14.3 Å². The zero-order valence-corrected chi connectivity index (χ0v) is 11.5. The number of nitrogens with one attached hydrogen (secondary N) is 1. The molecule has 1 aromatic heterocycles. The minimum absolute atomic E-state index is 0.0988. The number of nitrogens with two attached hydrogens (primary N) is 1. The molecule has 2 aromatic rings. The Morgan fingerprint density at radius 3 is 2.86 bits per heavy atom. The highest BCUT2D eigenvalue weighted by Crippen LogP contribution is 2.15. The van der Waals surface area contributed by atoms with Crippen LogP contribution < -0.4 is 11.1 Å². The molecular formula is C14H16N4O3. The number of carboxylic acid groups (broad SMARTS) is 1. The van der Waals surface area contributed by atoms with Crippen LogP contribution in [0.25, 0.3) is 0 Å². The Morgan fingerprint density at radius 1 is 1.48 bits per heavy atom. The topological polar surface area (TPSA) is 110 Å². The van der Waals surface area contributed by atoms with E-state index in [-0.39, 0.29) is 12.3 Å². The molecule has 0 aliphatic rings. The number of aliphatic carboxylic acids is 1. The van der Waals surface area contributed by atoms with Crippen molar-refractivity contribution in [1.29, 1.82) is 0 Å². The monoisotopic (exact) mass is 288 g/mol. The number of aryl methyl sites for hydroxylation is 1. The average molecular weight is 288 g/mol. The molecule has 4 N–H and O–H groups in total. The number of benzene rings is 1. The Hall–Kier alpha value is -2.67. The molecule has 0 radical (unpaired) electrons. The van der Waals surface area contributed by atoms with E-state index < -0.39 is 12.0 Å². The van der Waals surface area contributed by atoms with Crippen LogP contribution in [0.3, 0.4) is 0 Å². The molecule has 2 rings (SSSR count). The van der Waals surface area contributed by atoms with Crippen molar-refractivity contribution >= 4 is 17.6 Å². The van der Waals surface area contributed by atoms with Crippen molar-refractivity contribution < 1.29 is 14.7 Å². The van der Waals surface area contributed by atoms with E-state index in [1.54, 1.807) is 42.2 Å². The van der Waals surface area contributed by atoms with Crippen LogP contribution in [0.1, 0.15) is 17.2 Å². The largest absolute Gasteiger partial charge is 0.481 e. The molecule has 7 heteroatoms. The second-order valence-electron chi connectivity index (χ2n) is 4.69. The first-order valence-corrected chi connectivity index (χ1v) is 6.31. The predicted molar refractivity (Wildman–Crippen MR) is 76.5 cm³/mol. The van der Waals surface area contributed by atoms with E-state index in [2.05, 4.69) is 10.4 Å². The minimum atomic E-state index is -0.925. The number of hydrogen-bond acceptors (Lipinski definition) is 4. The number of carbonyl (C=O) groups excluding carboxylic acids is 1.